The van der Waals surface area contributed by atoms with Gasteiger partial charge in [0, 0.05) is 0 Å². The summed E-state index contributed by atoms with van der Waals surface area (Å²) < 4.78 is 20.1. The van der Waals surface area contributed by atoms with Crippen LogP contribution in [0.5, 0.6) is 0 Å². The van der Waals surface area contributed by atoms with Gasteiger partial charge in [-0.2, -0.15) is 0 Å². The fourth-order valence-electron chi connectivity index (χ4n) is 2.12. The maximum Gasteiger partial charge on any atom is 0.469 e. The van der Waals surface area contributed by atoms with Crippen molar-refractivity contribution in [3.8, 4) is 0 Å². The van der Waals surface area contributed by atoms with E-state index < -0.39 is 44.9 Å². The number of aliphatic hydroxyl groups excluding tert-OH is 2. The summed E-state index contributed by atoms with van der Waals surface area (Å²) in [6, 6.07) is 5.88. The molecule has 6 N–H and O–H groups in total. The summed E-state index contributed by atoms with van der Waals surface area (Å²) in [5.41, 5.74) is 0.0977. The summed E-state index contributed by atoms with van der Waals surface area (Å²) in [5.74, 6) is -1.19. The smallest absolute Gasteiger partial charge is 0.469 e. The molecule has 23 heavy (non-hydrogen) atoms. The largest absolute Gasteiger partial charge is 0.478 e. The van der Waals surface area contributed by atoms with Gasteiger partial charge in [-0.05, 0) is 12.1 Å². The molecule has 0 amide bonds. The molecule has 1 aromatic carbocycles. The summed E-state index contributed by atoms with van der Waals surface area (Å²) in [7, 11) is -4.74. The predicted octanol–water partition coefficient (Wildman–Crippen LogP) is -0.647. The Balaban J connectivity index is 2.07. The second kappa shape index (κ2) is 6.93. The average molecular weight is 349 g/mol. The Labute approximate surface area is 130 Å². The maximum atomic E-state index is 11.1. The third-order valence-corrected chi connectivity index (χ3v) is 3.71. The van der Waals surface area contributed by atoms with Crippen molar-refractivity contribution in [1.29, 1.82) is 0 Å². The SMILES string of the molecule is O=C(O)c1ccccc1N[C@H]1O[C@H](COP(=O)(O)O)[C@H](O)[C@@H]1O. The van der Waals surface area contributed by atoms with Crippen molar-refractivity contribution in [2.45, 2.75) is 24.5 Å². The van der Waals surface area contributed by atoms with Crippen molar-refractivity contribution in [2.24, 2.45) is 0 Å². The molecule has 1 aliphatic rings. The van der Waals surface area contributed by atoms with Crippen molar-refractivity contribution >= 4 is 19.5 Å². The minimum absolute atomic E-state index is 0.0623. The monoisotopic (exact) mass is 349 g/mol. The van der Waals surface area contributed by atoms with E-state index in [4.69, 9.17) is 19.6 Å². The van der Waals surface area contributed by atoms with Gasteiger partial charge in [-0.25, -0.2) is 9.36 Å². The second-order valence-electron chi connectivity index (χ2n) is 4.86. The van der Waals surface area contributed by atoms with Crippen molar-refractivity contribution in [3.05, 3.63) is 29.8 Å². The standard InChI is InChI=1S/C12H16NO9P/c14-9-8(5-21-23(18,19)20)22-11(10(9)15)13-7-4-2-1-3-6(7)12(16)17/h1-4,8-11,13-15H,5H2,(H,16,17)(H2,18,19,20)/t8-,9+,10+,11+/m1/s1. The van der Waals surface area contributed by atoms with Crippen LogP contribution in [0.2, 0.25) is 0 Å². The number of nitrogens with one attached hydrogen (secondary N) is 1. The van der Waals surface area contributed by atoms with E-state index in [1.807, 2.05) is 0 Å². The molecular weight excluding hydrogens is 333 g/mol. The van der Waals surface area contributed by atoms with Crippen molar-refractivity contribution in [3.63, 3.8) is 0 Å². The number of hydrogen-bond acceptors (Lipinski definition) is 7. The van der Waals surface area contributed by atoms with Crippen LogP contribution >= 0.6 is 7.82 Å². The van der Waals surface area contributed by atoms with Crippen LogP contribution in [0.4, 0.5) is 5.69 Å². The first kappa shape index (κ1) is 17.8. The molecule has 0 bridgehead atoms. The molecule has 0 unspecified atom stereocenters. The number of ether oxygens (including phenoxy) is 1. The number of phosphoric acid groups is 1. The number of benzene rings is 1. The van der Waals surface area contributed by atoms with E-state index in [-0.39, 0.29) is 11.3 Å². The van der Waals surface area contributed by atoms with Gasteiger partial charge in [0.05, 0.1) is 17.9 Å². The molecule has 1 fully saturated rings. The summed E-state index contributed by atoms with van der Waals surface area (Å²) in [6.45, 7) is -0.638. The topological polar surface area (TPSA) is 166 Å². The third kappa shape index (κ3) is 4.49. The number of para-hydroxylation sites is 1. The van der Waals surface area contributed by atoms with E-state index in [2.05, 4.69) is 9.84 Å². The number of carbonyl (C=O) groups is 1. The highest BCUT2D eigenvalue weighted by Crippen LogP contribution is 2.37. The lowest BCUT2D eigenvalue weighted by atomic mass is 10.1. The average Bonchev–Trinajstić information content (AvgIpc) is 2.73. The minimum Gasteiger partial charge on any atom is -0.478 e. The van der Waals surface area contributed by atoms with Crippen LogP contribution in [0, 0.1) is 0 Å². The molecule has 1 aliphatic heterocycles. The second-order valence-corrected chi connectivity index (χ2v) is 6.10. The molecule has 0 spiro atoms. The highest BCUT2D eigenvalue weighted by molar-refractivity contribution is 7.46. The number of aromatic carboxylic acids is 1. The molecule has 4 atom stereocenters. The van der Waals surface area contributed by atoms with Gasteiger partial charge in [0.25, 0.3) is 0 Å². The van der Waals surface area contributed by atoms with Crippen LogP contribution in [-0.2, 0) is 13.8 Å². The van der Waals surface area contributed by atoms with Crippen LogP contribution in [0.3, 0.4) is 0 Å². The summed E-state index contributed by atoms with van der Waals surface area (Å²) in [4.78, 5) is 28.4. The van der Waals surface area contributed by atoms with Crippen LogP contribution in [-0.4, -0.2) is 62.2 Å². The molecule has 0 aromatic heterocycles. The first-order valence-electron chi connectivity index (χ1n) is 6.49. The van der Waals surface area contributed by atoms with Crippen LogP contribution < -0.4 is 5.32 Å². The van der Waals surface area contributed by atoms with Gasteiger partial charge in [-0.15, -0.1) is 0 Å². The van der Waals surface area contributed by atoms with Gasteiger partial charge in [-0.3, -0.25) is 4.52 Å². The van der Waals surface area contributed by atoms with Crippen LogP contribution in [0.25, 0.3) is 0 Å². The van der Waals surface area contributed by atoms with Crippen LogP contribution in [0.1, 0.15) is 10.4 Å². The Hall–Kier alpha value is -1.52. The van der Waals surface area contributed by atoms with E-state index in [0.29, 0.717) is 0 Å². The fourth-order valence-corrected chi connectivity index (χ4v) is 2.47. The zero-order valence-corrected chi connectivity index (χ0v) is 12.5. The van der Waals surface area contributed by atoms with Gasteiger partial charge in [0.15, 0.2) is 6.23 Å². The molecule has 1 heterocycles. The Kier molecular flexibility index (Phi) is 5.37. The molecule has 128 valence electrons. The number of anilines is 1. The minimum atomic E-state index is -4.74. The summed E-state index contributed by atoms with van der Waals surface area (Å²) >= 11 is 0. The van der Waals surface area contributed by atoms with Gasteiger partial charge in [-0.1, -0.05) is 12.1 Å². The first-order chi connectivity index (χ1) is 10.7. The Bertz CT molecular complexity index is 618. The van der Waals surface area contributed by atoms with E-state index in [9.17, 15) is 19.6 Å². The molecule has 1 aromatic rings. The molecule has 10 nitrogen and oxygen atoms in total. The molecule has 0 aliphatic carbocycles. The number of carboxylic acid groups (broad SMARTS) is 1. The summed E-state index contributed by atoms with van der Waals surface area (Å²) in [5, 5.41) is 31.4. The first-order valence-corrected chi connectivity index (χ1v) is 8.02. The number of phosphoric ester groups is 1. The van der Waals surface area contributed by atoms with Gasteiger partial charge < -0.3 is 35.2 Å². The highest BCUT2D eigenvalue weighted by Gasteiger charge is 2.43. The van der Waals surface area contributed by atoms with Crippen LogP contribution in [0.15, 0.2) is 24.3 Å². The maximum absolute atomic E-state index is 11.1. The molecule has 1 saturated heterocycles. The fraction of sp³-hybridized carbons (Fsp3) is 0.417. The zero-order valence-electron chi connectivity index (χ0n) is 11.6. The van der Waals surface area contributed by atoms with E-state index >= 15 is 0 Å². The zero-order chi connectivity index (χ0) is 17.2. The predicted molar refractivity (Wildman–Crippen MR) is 75.7 cm³/mol. The van der Waals surface area contributed by atoms with Crippen molar-refractivity contribution in [2.75, 3.05) is 11.9 Å². The van der Waals surface area contributed by atoms with E-state index in [0.717, 1.165) is 0 Å². The Morgan fingerprint density at radius 3 is 2.52 bits per heavy atom. The number of rotatable bonds is 6. The third-order valence-electron chi connectivity index (χ3n) is 3.22. The van der Waals surface area contributed by atoms with Crippen molar-refractivity contribution < 1.29 is 43.7 Å². The lowest BCUT2D eigenvalue weighted by Gasteiger charge is -2.19. The number of hydrogen-bond donors (Lipinski definition) is 6. The number of carboxylic acids is 1. The highest BCUT2D eigenvalue weighted by atomic mass is 31.2. The van der Waals surface area contributed by atoms with Gasteiger partial charge in [0.1, 0.15) is 18.3 Å². The molecular formula is C12H16NO9P. The lowest BCUT2D eigenvalue weighted by molar-refractivity contribution is -0.0151. The quantitative estimate of drug-likeness (QED) is 0.363. The summed E-state index contributed by atoms with van der Waals surface area (Å²) in [6.07, 6.45) is -5.26. The lowest BCUT2D eigenvalue weighted by Crippen LogP contribution is -2.37. The van der Waals surface area contributed by atoms with Crippen molar-refractivity contribution in [1.82, 2.24) is 0 Å². The van der Waals surface area contributed by atoms with Gasteiger partial charge in [0.2, 0.25) is 0 Å². The Morgan fingerprint density at radius 2 is 1.91 bits per heavy atom. The van der Waals surface area contributed by atoms with E-state index in [1.165, 1.54) is 18.2 Å². The number of aliphatic hydroxyl groups is 2. The normalized spacial score (nSPS) is 27.8. The van der Waals surface area contributed by atoms with E-state index in [1.54, 1.807) is 6.07 Å². The molecule has 11 heteroatoms. The van der Waals surface area contributed by atoms with Gasteiger partial charge >= 0.3 is 13.8 Å². The molecule has 0 saturated carbocycles. The Morgan fingerprint density at radius 1 is 1.26 bits per heavy atom. The molecule has 0 radical (unpaired) electrons. The molecule has 2 rings (SSSR count).